The van der Waals surface area contributed by atoms with Gasteiger partial charge in [-0.3, -0.25) is 4.90 Å². The van der Waals surface area contributed by atoms with Crippen molar-refractivity contribution in [1.29, 1.82) is 0 Å². The molecule has 5 rings (SSSR count). The molecular weight excluding hydrogens is 446 g/mol. The Hall–Kier alpha value is -3.22. The highest BCUT2D eigenvalue weighted by Gasteiger charge is 2.19. The second-order valence-electron chi connectivity index (χ2n) is 8.47. The van der Waals surface area contributed by atoms with Gasteiger partial charge in [-0.2, -0.15) is 0 Å². The van der Waals surface area contributed by atoms with E-state index in [1.165, 1.54) is 19.3 Å². The van der Waals surface area contributed by atoms with Crippen molar-refractivity contribution in [2.45, 2.75) is 19.3 Å². The lowest BCUT2D eigenvalue weighted by Gasteiger charge is -2.26. The van der Waals surface area contributed by atoms with Gasteiger partial charge in [-0.25, -0.2) is 0 Å². The zero-order valence-electron chi connectivity index (χ0n) is 19.3. The van der Waals surface area contributed by atoms with E-state index < -0.39 is 0 Å². The molecule has 0 atom stereocenters. The predicted octanol–water partition coefficient (Wildman–Crippen LogP) is 6.94. The summed E-state index contributed by atoms with van der Waals surface area (Å²) in [5.41, 5.74) is 1.03. The number of rotatable bonds is 8. The summed E-state index contributed by atoms with van der Waals surface area (Å²) < 4.78 is 19.0. The molecule has 3 aromatic carbocycles. The highest BCUT2D eigenvalue weighted by atomic mass is 32.1. The van der Waals surface area contributed by atoms with Crippen LogP contribution in [0.4, 0.5) is 0 Å². The quantitative estimate of drug-likeness (QED) is 0.299. The SMILES string of the molecule is COc1ccc(-c2sc3cc(O)ccc3c2Oc2ccccc2OCCN2CCCCC2)cc1. The van der Waals surface area contributed by atoms with Crippen molar-refractivity contribution in [3.05, 3.63) is 66.7 Å². The van der Waals surface area contributed by atoms with Crippen LogP contribution in [0.2, 0.25) is 0 Å². The largest absolute Gasteiger partial charge is 0.508 e. The normalized spacial score (nSPS) is 14.3. The molecule has 1 fully saturated rings. The number of para-hydroxylation sites is 2. The van der Waals surface area contributed by atoms with Gasteiger partial charge in [-0.05, 0) is 86.1 Å². The molecule has 1 saturated heterocycles. The second kappa shape index (κ2) is 10.4. The second-order valence-corrected chi connectivity index (χ2v) is 9.52. The van der Waals surface area contributed by atoms with Crippen molar-refractivity contribution in [3.8, 4) is 39.2 Å². The average molecular weight is 476 g/mol. The van der Waals surface area contributed by atoms with E-state index in [9.17, 15) is 5.11 Å². The number of benzene rings is 3. The minimum atomic E-state index is 0.239. The number of fused-ring (bicyclic) bond motifs is 1. The van der Waals surface area contributed by atoms with Crippen molar-refractivity contribution >= 4 is 21.4 Å². The zero-order chi connectivity index (χ0) is 23.3. The van der Waals surface area contributed by atoms with E-state index in [1.54, 1.807) is 30.6 Å². The van der Waals surface area contributed by atoms with Crippen molar-refractivity contribution in [3.63, 3.8) is 0 Å². The molecule has 1 aromatic heterocycles. The van der Waals surface area contributed by atoms with Crippen molar-refractivity contribution < 1.29 is 19.3 Å². The van der Waals surface area contributed by atoms with Crippen LogP contribution in [0, 0.1) is 0 Å². The Morgan fingerprint density at radius 3 is 2.44 bits per heavy atom. The van der Waals surface area contributed by atoms with Gasteiger partial charge < -0.3 is 19.3 Å². The summed E-state index contributed by atoms with van der Waals surface area (Å²) in [6.45, 7) is 3.86. The van der Waals surface area contributed by atoms with Crippen LogP contribution in [0.1, 0.15) is 19.3 Å². The van der Waals surface area contributed by atoms with Gasteiger partial charge in [0.2, 0.25) is 0 Å². The van der Waals surface area contributed by atoms with E-state index in [4.69, 9.17) is 14.2 Å². The minimum Gasteiger partial charge on any atom is -0.508 e. The molecule has 2 heterocycles. The maximum Gasteiger partial charge on any atom is 0.169 e. The number of methoxy groups -OCH3 is 1. The van der Waals surface area contributed by atoms with Crippen LogP contribution in [0.15, 0.2) is 66.7 Å². The van der Waals surface area contributed by atoms with Crippen LogP contribution in [0.25, 0.3) is 20.5 Å². The molecule has 1 aliphatic rings. The lowest BCUT2D eigenvalue weighted by Crippen LogP contribution is -2.33. The maximum atomic E-state index is 10.0. The van der Waals surface area contributed by atoms with Gasteiger partial charge in [0.15, 0.2) is 17.2 Å². The summed E-state index contributed by atoms with van der Waals surface area (Å²) in [5, 5.41) is 11.0. The van der Waals surface area contributed by atoms with E-state index in [0.717, 1.165) is 57.4 Å². The number of likely N-dealkylation sites (tertiary alicyclic amines) is 1. The van der Waals surface area contributed by atoms with Gasteiger partial charge in [0.05, 0.1) is 12.0 Å². The first-order chi connectivity index (χ1) is 16.7. The van der Waals surface area contributed by atoms with E-state index in [0.29, 0.717) is 12.4 Å². The smallest absolute Gasteiger partial charge is 0.169 e. The number of phenolic OH excluding ortho intramolecular Hbond substituents is 1. The number of hydrogen-bond acceptors (Lipinski definition) is 6. The lowest BCUT2D eigenvalue weighted by atomic mass is 10.1. The Bertz CT molecular complexity index is 1250. The molecule has 4 aromatic rings. The maximum absolute atomic E-state index is 10.0. The molecule has 1 N–H and O–H groups in total. The highest BCUT2D eigenvalue weighted by molar-refractivity contribution is 7.22. The standard InChI is InChI=1S/C28H29NO4S/c1-31-22-12-9-20(10-13-22)28-27(23-14-11-21(30)19-26(23)34-28)33-25-8-4-3-7-24(25)32-18-17-29-15-5-2-6-16-29/h3-4,7-14,19,30H,2,5-6,15-18H2,1H3. The van der Waals surface area contributed by atoms with Gasteiger partial charge in [-0.15, -0.1) is 11.3 Å². The van der Waals surface area contributed by atoms with E-state index >= 15 is 0 Å². The molecule has 34 heavy (non-hydrogen) atoms. The average Bonchev–Trinajstić information content (AvgIpc) is 3.23. The number of piperidine rings is 1. The van der Waals surface area contributed by atoms with Gasteiger partial charge >= 0.3 is 0 Å². The van der Waals surface area contributed by atoms with E-state index in [2.05, 4.69) is 4.90 Å². The van der Waals surface area contributed by atoms with Crippen molar-refractivity contribution in [2.75, 3.05) is 33.4 Å². The molecule has 6 heteroatoms. The van der Waals surface area contributed by atoms with Gasteiger partial charge in [0.25, 0.3) is 0 Å². The Kier molecular flexibility index (Phi) is 6.88. The number of ether oxygens (including phenoxy) is 3. The third kappa shape index (κ3) is 4.98. The summed E-state index contributed by atoms with van der Waals surface area (Å²) in [5.74, 6) is 3.22. The van der Waals surface area contributed by atoms with Crippen LogP contribution in [-0.2, 0) is 0 Å². The fourth-order valence-corrected chi connectivity index (χ4v) is 5.50. The lowest BCUT2D eigenvalue weighted by molar-refractivity contribution is 0.181. The number of thiophene rings is 1. The first-order valence-corrected chi connectivity index (χ1v) is 12.5. The van der Waals surface area contributed by atoms with Gasteiger partial charge in [-0.1, -0.05) is 18.6 Å². The first kappa shape index (κ1) is 22.6. The Balaban J connectivity index is 1.44. The van der Waals surface area contributed by atoms with Crippen molar-refractivity contribution in [1.82, 2.24) is 4.90 Å². The molecule has 0 saturated carbocycles. The first-order valence-electron chi connectivity index (χ1n) is 11.7. The van der Waals surface area contributed by atoms with Crippen LogP contribution in [-0.4, -0.2) is 43.4 Å². The number of aromatic hydroxyl groups is 1. The van der Waals surface area contributed by atoms with Crippen molar-refractivity contribution in [2.24, 2.45) is 0 Å². The number of hydrogen-bond donors (Lipinski definition) is 1. The summed E-state index contributed by atoms with van der Waals surface area (Å²) in [6, 6.07) is 21.1. The third-order valence-corrected chi connectivity index (χ3v) is 7.34. The molecule has 0 radical (unpaired) electrons. The molecular formula is C28H29NO4S. The van der Waals surface area contributed by atoms with Gasteiger partial charge in [0.1, 0.15) is 18.1 Å². The van der Waals surface area contributed by atoms with Crippen LogP contribution in [0.3, 0.4) is 0 Å². The fourth-order valence-electron chi connectivity index (χ4n) is 4.33. The fraction of sp³-hybridized carbons (Fsp3) is 0.286. The van der Waals surface area contributed by atoms with Gasteiger partial charge in [0, 0.05) is 16.6 Å². The van der Waals surface area contributed by atoms with Crippen LogP contribution < -0.4 is 14.2 Å². The molecule has 0 spiro atoms. The number of nitrogens with zero attached hydrogens (tertiary/aromatic N) is 1. The molecule has 1 aliphatic heterocycles. The topological polar surface area (TPSA) is 51.2 Å². The monoisotopic (exact) mass is 475 g/mol. The molecule has 176 valence electrons. The zero-order valence-corrected chi connectivity index (χ0v) is 20.1. The highest BCUT2D eigenvalue weighted by Crippen LogP contribution is 2.48. The van der Waals surface area contributed by atoms with E-state index in [-0.39, 0.29) is 5.75 Å². The Labute approximate surface area is 204 Å². The Morgan fingerprint density at radius 2 is 1.68 bits per heavy atom. The molecule has 0 bridgehead atoms. The molecule has 5 nitrogen and oxygen atoms in total. The third-order valence-electron chi connectivity index (χ3n) is 6.16. The molecule has 0 amide bonds. The Morgan fingerprint density at radius 1 is 0.912 bits per heavy atom. The van der Waals surface area contributed by atoms with E-state index in [1.807, 2.05) is 54.6 Å². The molecule has 0 aliphatic carbocycles. The summed E-state index contributed by atoms with van der Waals surface area (Å²) in [6.07, 6.45) is 3.88. The predicted molar refractivity (Wildman–Crippen MR) is 138 cm³/mol. The minimum absolute atomic E-state index is 0.239. The summed E-state index contributed by atoms with van der Waals surface area (Å²) in [7, 11) is 1.66. The molecule has 0 unspecified atom stereocenters. The number of phenols is 1. The summed E-state index contributed by atoms with van der Waals surface area (Å²) >= 11 is 1.59. The summed E-state index contributed by atoms with van der Waals surface area (Å²) in [4.78, 5) is 3.46. The van der Waals surface area contributed by atoms with Crippen LogP contribution in [0.5, 0.6) is 28.7 Å². The van der Waals surface area contributed by atoms with Crippen LogP contribution >= 0.6 is 11.3 Å².